The molecular formula is C18H21F3N4OS. The van der Waals surface area contributed by atoms with Gasteiger partial charge in [0.05, 0.1) is 17.8 Å². The van der Waals surface area contributed by atoms with Crippen LogP contribution < -0.4 is 4.74 Å². The first-order valence-corrected chi connectivity index (χ1v) is 9.22. The SMILES string of the molecule is CCN(C)C=Nc1cc(C)c(Oc2ccnc(SCC(F)(F)F)n2)cc1C. The van der Waals surface area contributed by atoms with Crippen molar-refractivity contribution in [1.82, 2.24) is 14.9 Å². The Labute approximate surface area is 160 Å². The predicted octanol–water partition coefficient (Wildman–Crippen LogP) is 5.15. The molecule has 0 aliphatic carbocycles. The highest BCUT2D eigenvalue weighted by atomic mass is 32.2. The van der Waals surface area contributed by atoms with E-state index in [0.717, 1.165) is 23.4 Å². The van der Waals surface area contributed by atoms with Gasteiger partial charge in [-0.15, -0.1) is 0 Å². The molecule has 0 aliphatic rings. The van der Waals surface area contributed by atoms with Crippen LogP contribution in [0.2, 0.25) is 0 Å². The summed E-state index contributed by atoms with van der Waals surface area (Å²) in [6.07, 6.45) is -1.14. The van der Waals surface area contributed by atoms with E-state index in [4.69, 9.17) is 4.74 Å². The van der Waals surface area contributed by atoms with E-state index >= 15 is 0 Å². The van der Waals surface area contributed by atoms with Crippen molar-refractivity contribution in [2.75, 3.05) is 19.3 Å². The molecule has 0 atom stereocenters. The van der Waals surface area contributed by atoms with E-state index in [-0.39, 0.29) is 11.0 Å². The van der Waals surface area contributed by atoms with Crippen molar-refractivity contribution < 1.29 is 17.9 Å². The van der Waals surface area contributed by atoms with Crippen molar-refractivity contribution >= 4 is 23.8 Å². The number of aryl methyl sites for hydroxylation is 2. The van der Waals surface area contributed by atoms with Crippen LogP contribution in [0.1, 0.15) is 18.1 Å². The van der Waals surface area contributed by atoms with E-state index in [9.17, 15) is 13.2 Å². The summed E-state index contributed by atoms with van der Waals surface area (Å²) in [5.74, 6) is -0.284. The summed E-state index contributed by atoms with van der Waals surface area (Å²) in [5, 5.41) is 0.0167. The van der Waals surface area contributed by atoms with E-state index in [1.807, 2.05) is 44.9 Å². The molecule has 0 amide bonds. The van der Waals surface area contributed by atoms with Gasteiger partial charge in [0.2, 0.25) is 5.88 Å². The molecule has 0 N–H and O–H groups in total. The Morgan fingerprint density at radius 1 is 1.26 bits per heavy atom. The lowest BCUT2D eigenvalue weighted by Gasteiger charge is -2.12. The maximum Gasteiger partial charge on any atom is 0.398 e. The number of alkyl halides is 3. The fourth-order valence-corrected chi connectivity index (χ4v) is 2.56. The maximum absolute atomic E-state index is 12.3. The van der Waals surface area contributed by atoms with E-state index in [0.29, 0.717) is 17.5 Å². The number of halogens is 3. The monoisotopic (exact) mass is 398 g/mol. The Morgan fingerprint density at radius 3 is 2.67 bits per heavy atom. The normalized spacial score (nSPS) is 11.8. The van der Waals surface area contributed by atoms with Crippen LogP contribution >= 0.6 is 11.8 Å². The van der Waals surface area contributed by atoms with Crippen molar-refractivity contribution in [2.24, 2.45) is 4.99 Å². The van der Waals surface area contributed by atoms with Crippen LogP contribution in [-0.2, 0) is 0 Å². The van der Waals surface area contributed by atoms with Crippen molar-refractivity contribution in [2.45, 2.75) is 32.1 Å². The Bertz CT molecular complexity index is 812. The molecule has 0 saturated heterocycles. The van der Waals surface area contributed by atoms with Crippen LogP contribution in [0.25, 0.3) is 0 Å². The van der Waals surface area contributed by atoms with Gasteiger partial charge in [-0.3, -0.25) is 0 Å². The van der Waals surface area contributed by atoms with Gasteiger partial charge in [0, 0.05) is 25.9 Å². The first-order chi connectivity index (χ1) is 12.7. The van der Waals surface area contributed by atoms with Crippen molar-refractivity contribution in [3.8, 4) is 11.6 Å². The molecule has 1 aromatic carbocycles. The third-order valence-electron chi connectivity index (χ3n) is 3.57. The number of hydrogen-bond acceptors (Lipinski definition) is 5. The first kappa shape index (κ1) is 21.0. The van der Waals surface area contributed by atoms with Crippen molar-refractivity contribution in [1.29, 1.82) is 0 Å². The number of benzene rings is 1. The first-order valence-electron chi connectivity index (χ1n) is 8.24. The summed E-state index contributed by atoms with van der Waals surface area (Å²) in [7, 11) is 1.94. The number of rotatable bonds is 7. The molecule has 146 valence electrons. The second-order valence-electron chi connectivity index (χ2n) is 5.91. The zero-order valence-electron chi connectivity index (χ0n) is 15.5. The number of nitrogens with zero attached hydrogens (tertiary/aromatic N) is 4. The summed E-state index contributed by atoms with van der Waals surface area (Å²) in [6, 6.07) is 5.23. The summed E-state index contributed by atoms with van der Waals surface area (Å²) in [4.78, 5) is 14.3. The molecule has 9 heteroatoms. The Kier molecular flexibility index (Phi) is 7.06. The molecule has 0 unspecified atom stereocenters. The van der Waals surface area contributed by atoms with E-state index in [2.05, 4.69) is 15.0 Å². The average Bonchev–Trinajstić information content (AvgIpc) is 2.61. The van der Waals surface area contributed by atoms with Crippen LogP contribution in [0.4, 0.5) is 18.9 Å². The molecule has 0 radical (unpaired) electrons. The van der Waals surface area contributed by atoms with Crippen LogP contribution in [0.5, 0.6) is 11.6 Å². The van der Waals surface area contributed by atoms with Crippen LogP contribution in [-0.4, -0.2) is 46.7 Å². The summed E-state index contributed by atoms with van der Waals surface area (Å²) < 4.78 is 42.8. The number of hydrogen-bond donors (Lipinski definition) is 0. The van der Waals surface area contributed by atoms with Crippen LogP contribution in [0.15, 0.2) is 34.5 Å². The average molecular weight is 398 g/mol. The smallest absolute Gasteiger partial charge is 0.398 e. The van der Waals surface area contributed by atoms with Gasteiger partial charge < -0.3 is 9.64 Å². The maximum atomic E-state index is 12.3. The zero-order chi connectivity index (χ0) is 20.0. The third-order valence-corrected chi connectivity index (χ3v) is 4.50. The number of ether oxygens (including phenoxy) is 1. The second kappa shape index (κ2) is 9.07. The third kappa shape index (κ3) is 6.74. The highest BCUT2D eigenvalue weighted by molar-refractivity contribution is 7.99. The summed E-state index contributed by atoms with van der Waals surface area (Å²) in [5.41, 5.74) is 2.58. The summed E-state index contributed by atoms with van der Waals surface area (Å²) in [6.45, 7) is 6.67. The molecule has 0 saturated carbocycles. The van der Waals surface area contributed by atoms with Gasteiger partial charge in [0.25, 0.3) is 0 Å². The highest BCUT2D eigenvalue weighted by Gasteiger charge is 2.28. The van der Waals surface area contributed by atoms with Crippen LogP contribution in [0, 0.1) is 13.8 Å². The molecule has 2 rings (SSSR count). The van der Waals surface area contributed by atoms with Gasteiger partial charge in [-0.2, -0.15) is 18.2 Å². The van der Waals surface area contributed by atoms with E-state index in [1.165, 1.54) is 12.3 Å². The fourth-order valence-electron chi connectivity index (χ4n) is 1.98. The fraction of sp³-hybridized carbons (Fsp3) is 0.389. The van der Waals surface area contributed by atoms with Gasteiger partial charge in [-0.05, 0) is 44.0 Å². The lowest BCUT2D eigenvalue weighted by Crippen LogP contribution is -2.14. The Hall–Kier alpha value is -2.29. The lowest BCUT2D eigenvalue weighted by molar-refractivity contribution is -0.105. The topological polar surface area (TPSA) is 50.6 Å². The molecule has 2 aromatic rings. The van der Waals surface area contributed by atoms with Gasteiger partial charge in [0.1, 0.15) is 5.75 Å². The Morgan fingerprint density at radius 2 is 2.00 bits per heavy atom. The van der Waals surface area contributed by atoms with E-state index in [1.54, 1.807) is 6.34 Å². The molecular weight excluding hydrogens is 377 g/mol. The lowest BCUT2D eigenvalue weighted by atomic mass is 10.1. The molecule has 0 fully saturated rings. The predicted molar refractivity (Wildman–Crippen MR) is 101 cm³/mol. The van der Waals surface area contributed by atoms with Gasteiger partial charge >= 0.3 is 6.18 Å². The zero-order valence-corrected chi connectivity index (χ0v) is 16.4. The molecule has 0 spiro atoms. The minimum Gasteiger partial charge on any atom is -0.439 e. The minimum absolute atomic E-state index is 0.0167. The molecule has 27 heavy (non-hydrogen) atoms. The van der Waals surface area contributed by atoms with Gasteiger partial charge in [-0.25, -0.2) is 9.98 Å². The molecule has 1 aromatic heterocycles. The highest BCUT2D eigenvalue weighted by Crippen LogP contribution is 2.32. The van der Waals surface area contributed by atoms with Gasteiger partial charge in [-0.1, -0.05) is 11.8 Å². The standard InChI is InChI=1S/C18H21F3N4OS/c1-5-25(4)11-23-14-8-13(3)15(9-12(14)2)26-16-6-7-22-17(24-16)27-10-18(19,20)21/h6-9,11H,5,10H2,1-4H3. The summed E-state index contributed by atoms with van der Waals surface area (Å²) >= 11 is 0.522. The minimum atomic E-state index is -4.28. The van der Waals surface area contributed by atoms with Crippen molar-refractivity contribution in [3.63, 3.8) is 0 Å². The largest absolute Gasteiger partial charge is 0.439 e. The Balaban J connectivity index is 2.15. The van der Waals surface area contributed by atoms with Gasteiger partial charge in [0.15, 0.2) is 5.16 Å². The number of aliphatic imine (C=N–C) groups is 1. The van der Waals surface area contributed by atoms with Crippen molar-refractivity contribution in [3.05, 3.63) is 35.5 Å². The number of thioether (sulfide) groups is 1. The molecule has 0 bridgehead atoms. The molecule has 0 aliphatic heterocycles. The number of aromatic nitrogens is 2. The second-order valence-corrected chi connectivity index (χ2v) is 6.85. The van der Waals surface area contributed by atoms with E-state index < -0.39 is 11.9 Å². The van der Waals surface area contributed by atoms with Crippen LogP contribution in [0.3, 0.4) is 0 Å². The quantitative estimate of drug-likeness (QED) is 0.279. The molecule has 5 nitrogen and oxygen atoms in total. The molecule has 1 heterocycles.